The van der Waals surface area contributed by atoms with Crippen LogP contribution in [0.4, 0.5) is 18.9 Å². The van der Waals surface area contributed by atoms with Gasteiger partial charge in [-0.05, 0) is 18.2 Å². The van der Waals surface area contributed by atoms with Gasteiger partial charge < -0.3 is 14.8 Å². The third-order valence-electron chi connectivity index (χ3n) is 3.14. The van der Waals surface area contributed by atoms with Crippen molar-refractivity contribution in [3.63, 3.8) is 0 Å². The van der Waals surface area contributed by atoms with Crippen LogP contribution in [0.1, 0.15) is 10.4 Å². The molecular formula is C15H14F3N3O5S. The van der Waals surface area contributed by atoms with Crippen LogP contribution >= 0.6 is 0 Å². The molecule has 2 rings (SSSR count). The van der Waals surface area contributed by atoms with E-state index in [-0.39, 0.29) is 17.0 Å². The molecule has 0 spiro atoms. The number of nitrogens with zero attached hydrogens (tertiary/aromatic N) is 1. The molecule has 0 fully saturated rings. The molecule has 0 radical (unpaired) electrons. The van der Waals surface area contributed by atoms with Crippen LogP contribution in [0.15, 0.2) is 41.6 Å². The minimum absolute atomic E-state index is 0.0692. The maximum absolute atomic E-state index is 12.6. The summed E-state index contributed by atoms with van der Waals surface area (Å²) in [7, 11) is -1.83. The fourth-order valence-electron chi connectivity index (χ4n) is 2.04. The number of amides is 1. The normalized spacial score (nSPS) is 11.6. The van der Waals surface area contributed by atoms with Crippen LogP contribution in [0.3, 0.4) is 0 Å². The molecule has 27 heavy (non-hydrogen) atoms. The first-order chi connectivity index (χ1) is 12.6. The number of pyridine rings is 1. The van der Waals surface area contributed by atoms with E-state index in [1.807, 2.05) is 0 Å². The van der Waals surface area contributed by atoms with Crippen LogP contribution in [0.2, 0.25) is 0 Å². The third kappa shape index (κ3) is 5.23. The molecule has 1 aromatic carbocycles. The average molecular weight is 405 g/mol. The van der Waals surface area contributed by atoms with Crippen LogP contribution in [0.25, 0.3) is 0 Å². The van der Waals surface area contributed by atoms with Crippen molar-refractivity contribution >= 4 is 21.6 Å². The van der Waals surface area contributed by atoms with Crippen molar-refractivity contribution in [2.24, 2.45) is 0 Å². The lowest BCUT2D eigenvalue weighted by Gasteiger charge is -2.14. The van der Waals surface area contributed by atoms with Crippen molar-refractivity contribution in [2.75, 3.05) is 18.9 Å². The maximum Gasteiger partial charge on any atom is 0.573 e. The quantitative estimate of drug-likeness (QED) is 0.763. The average Bonchev–Trinajstić information content (AvgIpc) is 2.59. The van der Waals surface area contributed by atoms with Gasteiger partial charge >= 0.3 is 6.36 Å². The van der Waals surface area contributed by atoms with Gasteiger partial charge in [0.25, 0.3) is 15.9 Å². The molecule has 0 aliphatic heterocycles. The summed E-state index contributed by atoms with van der Waals surface area (Å²) in [6, 6.07) is 3.82. The number of rotatable bonds is 6. The van der Waals surface area contributed by atoms with E-state index >= 15 is 0 Å². The van der Waals surface area contributed by atoms with Gasteiger partial charge in [-0.3, -0.25) is 14.5 Å². The number of nitrogens with one attached hydrogen (secondary N) is 2. The highest BCUT2D eigenvalue weighted by molar-refractivity contribution is 7.92. The minimum atomic E-state index is -4.99. The number of halogens is 3. The summed E-state index contributed by atoms with van der Waals surface area (Å²) in [6.45, 7) is 0. The Morgan fingerprint density at radius 2 is 1.89 bits per heavy atom. The predicted molar refractivity (Wildman–Crippen MR) is 88.1 cm³/mol. The van der Waals surface area contributed by atoms with Gasteiger partial charge in [0.05, 0.1) is 24.6 Å². The SMILES string of the molecule is CNC(=O)c1cncc(NS(=O)(=O)c2cc(OC(F)(F)F)ccc2OC)c1. The summed E-state index contributed by atoms with van der Waals surface area (Å²) >= 11 is 0. The van der Waals surface area contributed by atoms with E-state index in [4.69, 9.17) is 4.74 Å². The number of benzene rings is 1. The van der Waals surface area contributed by atoms with E-state index in [1.54, 1.807) is 0 Å². The number of hydrogen-bond acceptors (Lipinski definition) is 6. The second-order valence-corrected chi connectivity index (χ2v) is 6.66. The van der Waals surface area contributed by atoms with E-state index in [0.717, 1.165) is 25.4 Å². The van der Waals surface area contributed by atoms with Crippen molar-refractivity contribution in [3.05, 3.63) is 42.2 Å². The molecular weight excluding hydrogens is 391 g/mol. The summed E-state index contributed by atoms with van der Waals surface area (Å²) < 4.78 is 73.1. The standard InChI is InChI=1S/C15H14F3N3O5S/c1-19-14(22)9-5-10(8-20-7-9)21-27(23,24)13-6-11(26-15(16,17)18)3-4-12(13)25-2/h3-8,21H,1-2H3,(H,19,22). The van der Waals surface area contributed by atoms with E-state index < -0.39 is 32.9 Å². The number of anilines is 1. The van der Waals surface area contributed by atoms with Gasteiger partial charge in [-0.25, -0.2) is 8.42 Å². The zero-order valence-electron chi connectivity index (χ0n) is 14.0. The lowest BCUT2D eigenvalue weighted by atomic mass is 10.2. The minimum Gasteiger partial charge on any atom is -0.495 e. The highest BCUT2D eigenvalue weighted by Gasteiger charge is 2.32. The molecule has 1 aromatic heterocycles. The molecule has 0 aliphatic rings. The summed E-state index contributed by atoms with van der Waals surface area (Å²) in [4.78, 5) is 14.8. The van der Waals surface area contributed by atoms with Gasteiger partial charge in [-0.1, -0.05) is 0 Å². The highest BCUT2D eigenvalue weighted by atomic mass is 32.2. The van der Waals surface area contributed by atoms with Gasteiger partial charge in [0.1, 0.15) is 16.4 Å². The van der Waals surface area contributed by atoms with Crippen molar-refractivity contribution < 1.29 is 35.9 Å². The summed E-state index contributed by atoms with van der Waals surface area (Å²) in [5, 5.41) is 2.35. The number of carbonyl (C=O) groups excluding carboxylic acids is 1. The zero-order chi connectivity index (χ0) is 20.2. The van der Waals surface area contributed by atoms with E-state index in [2.05, 4.69) is 19.8 Å². The smallest absolute Gasteiger partial charge is 0.495 e. The molecule has 12 heteroatoms. The maximum atomic E-state index is 12.6. The van der Waals surface area contributed by atoms with E-state index in [1.165, 1.54) is 19.3 Å². The van der Waals surface area contributed by atoms with Crippen LogP contribution in [0, 0.1) is 0 Å². The van der Waals surface area contributed by atoms with E-state index in [0.29, 0.717) is 6.07 Å². The van der Waals surface area contributed by atoms with Crippen molar-refractivity contribution in [3.8, 4) is 11.5 Å². The molecule has 0 saturated carbocycles. The number of sulfonamides is 1. The largest absolute Gasteiger partial charge is 0.573 e. The molecule has 0 unspecified atom stereocenters. The number of hydrogen-bond donors (Lipinski definition) is 2. The van der Waals surface area contributed by atoms with Crippen LogP contribution < -0.4 is 19.5 Å². The van der Waals surface area contributed by atoms with Gasteiger partial charge in [0, 0.05) is 19.3 Å². The Morgan fingerprint density at radius 3 is 2.48 bits per heavy atom. The van der Waals surface area contributed by atoms with Crippen LogP contribution in [-0.2, 0) is 10.0 Å². The molecule has 1 heterocycles. The third-order valence-corrected chi connectivity index (χ3v) is 4.54. The van der Waals surface area contributed by atoms with Crippen molar-refractivity contribution in [1.82, 2.24) is 10.3 Å². The Hall–Kier alpha value is -3.02. The number of ether oxygens (including phenoxy) is 2. The monoisotopic (exact) mass is 405 g/mol. The van der Waals surface area contributed by atoms with Crippen LogP contribution in [0.5, 0.6) is 11.5 Å². The fourth-order valence-corrected chi connectivity index (χ4v) is 3.26. The Balaban J connectivity index is 2.41. The van der Waals surface area contributed by atoms with Crippen molar-refractivity contribution in [2.45, 2.75) is 11.3 Å². The summed E-state index contributed by atoms with van der Waals surface area (Å²) in [5.74, 6) is -1.44. The molecule has 0 saturated heterocycles. The molecule has 0 atom stereocenters. The molecule has 0 bridgehead atoms. The number of carbonyl (C=O) groups is 1. The number of aromatic nitrogens is 1. The molecule has 1 amide bonds. The molecule has 146 valence electrons. The molecule has 2 N–H and O–H groups in total. The Kier molecular flexibility index (Phi) is 5.78. The molecule has 0 aliphatic carbocycles. The first-order valence-electron chi connectivity index (χ1n) is 7.19. The number of methoxy groups -OCH3 is 1. The van der Waals surface area contributed by atoms with Crippen molar-refractivity contribution in [1.29, 1.82) is 0 Å². The van der Waals surface area contributed by atoms with Crippen LogP contribution in [-0.4, -0.2) is 39.8 Å². The second kappa shape index (κ2) is 7.70. The van der Waals surface area contributed by atoms with Gasteiger partial charge in [0.2, 0.25) is 0 Å². The first kappa shape index (κ1) is 20.3. The van der Waals surface area contributed by atoms with Gasteiger partial charge in [-0.15, -0.1) is 13.2 Å². The predicted octanol–water partition coefficient (Wildman–Crippen LogP) is 2.15. The second-order valence-electron chi connectivity index (χ2n) is 5.01. The lowest BCUT2D eigenvalue weighted by Crippen LogP contribution is -2.20. The Bertz CT molecular complexity index is 948. The summed E-state index contributed by atoms with van der Waals surface area (Å²) in [6.07, 6.45) is -2.64. The number of alkyl halides is 3. The van der Waals surface area contributed by atoms with Gasteiger partial charge in [0.15, 0.2) is 0 Å². The summed E-state index contributed by atoms with van der Waals surface area (Å²) in [5.41, 5.74) is 0.0131. The Morgan fingerprint density at radius 1 is 1.19 bits per heavy atom. The zero-order valence-corrected chi connectivity index (χ0v) is 14.8. The topological polar surface area (TPSA) is 107 Å². The Labute approximate surface area is 152 Å². The lowest BCUT2D eigenvalue weighted by molar-refractivity contribution is -0.274. The fraction of sp³-hybridized carbons (Fsp3) is 0.200. The molecule has 2 aromatic rings. The molecule has 8 nitrogen and oxygen atoms in total. The first-order valence-corrected chi connectivity index (χ1v) is 8.68. The highest BCUT2D eigenvalue weighted by Crippen LogP contribution is 2.32. The van der Waals surface area contributed by atoms with Gasteiger partial charge in [-0.2, -0.15) is 0 Å². The van der Waals surface area contributed by atoms with E-state index in [9.17, 15) is 26.4 Å².